The van der Waals surface area contributed by atoms with E-state index in [9.17, 15) is 14.4 Å². The average molecular weight is 565 g/mol. The van der Waals surface area contributed by atoms with E-state index in [0.717, 1.165) is 5.56 Å². The number of alkyl carbamates (subject to hydrolysis) is 1. The third-order valence-corrected chi connectivity index (χ3v) is 11.3. The average Bonchev–Trinajstić information content (AvgIpc) is 2.80. The van der Waals surface area contributed by atoms with Gasteiger partial charge in [0, 0.05) is 12.2 Å². The molecule has 0 bridgehead atoms. The third-order valence-electron chi connectivity index (χ3n) is 6.87. The van der Waals surface area contributed by atoms with Crippen molar-refractivity contribution in [2.45, 2.75) is 117 Å². The lowest BCUT2D eigenvalue weighted by Gasteiger charge is -2.36. The molecule has 222 valence electrons. The molecule has 0 aliphatic carbocycles. The summed E-state index contributed by atoms with van der Waals surface area (Å²) in [5, 5.41) is 8.56. The molecule has 9 nitrogen and oxygen atoms in total. The molecule has 0 aliphatic heterocycles. The molecule has 3 amide bonds. The molecule has 2 atom stereocenters. The van der Waals surface area contributed by atoms with Crippen molar-refractivity contribution in [2.24, 2.45) is 11.7 Å². The second-order valence-electron chi connectivity index (χ2n) is 13.0. The third kappa shape index (κ3) is 13.0. The number of nitrogens with two attached hydrogens (primary N) is 1. The maximum atomic E-state index is 13.1. The number of carbonyl (C=O) groups excluding carboxylic acids is 3. The number of hydrogen-bond donors (Lipinski definition) is 4. The normalized spacial score (nSPS) is 13.9. The van der Waals surface area contributed by atoms with Crippen molar-refractivity contribution in [3.63, 3.8) is 0 Å². The first kappa shape index (κ1) is 34.6. The van der Waals surface area contributed by atoms with Gasteiger partial charge in [-0.3, -0.25) is 9.59 Å². The zero-order valence-corrected chi connectivity index (χ0v) is 26.7. The molecule has 10 heteroatoms. The van der Waals surface area contributed by atoms with E-state index in [-0.39, 0.29) is 22.8 Å². The predicted octanol–water partition coefficient (Wildman–Crippen LogP) is 5.31. The van der Waals surface area contributed by atoms with E-state index in [2.05, 4.69) is 49.8 Å². The number of ether oxygens (including phenoxy) is 1. The van der Waals surface area contributed by atoms with Gasteiger partial charge in [-0.15, -0.1) is 0 Å². The van der Waals surface area contributed by atoms with Gasteiger partial charge in [-0.05, 0) is 81.8 Å². The Balaban J connectivity index is 2.76. The molecule has 0 fully saturated rings. The van der Waals surface area contributed by atoms with E-state index in [1.165, 1.54) is 0 Å². The molecule has 0 unspecified atom stereocenters. The summed E-state index contributed by atoms with van der Waals surface area (Å²) in [4.78, 5) is 37.6. The Morgan fingerprint density at radius 1 is 0.949 bits per heavy atom. The Morgan fingerprint density at radius 3 is 2.05 bits per heavy atom. The van der Waals surface area contributed by atoms with Crippen molar-refractivity contribution in [3.05, 3.63) is 29.8 Å². The molecule has 0 heterocycles. The standard InChI is InChI=1S/C29H52N4O5Si/c1-20(2)24(30)26(35)33-23(13-11-12-18-31-27(36)38-28(3,4)5)25(34)32-22-16-14-21(15-17-22)19-37-39(9,10)29(6,7)8/h14-17,20,23-24H,11-13,18-19,30H2,1-10H3,(H,31,36)(H,32,34)(H,33,35)/t23-,24-/m0/s1. The summed E-state index contributed by atoms with van der Waals surface area (Å²) in [6.45, 7) is 21.1. The summed E-state index contributed by atoms with van der Waals surface area (Å²) in [5.41, 5.74) is 7.11. The molecule has 5 N–H and O–H groups in total. The topological polar surface area (TPSA) is 132 Å². The van der Waals surface area contributed by atoms with Crippen LogP contribution < -0.4 is 21.7 Å². The van der Waals surface area contributed by atoms with E-state index in [4.69, 9.17) is 14.9 Å². The van der Waals surface area contributed by atoms with Crippen LogP contribution in [0.2, 0.25) is 18.1 Å². The van der Waals surface area contributed by atoms with Gasteiger partial charge < -0.3 is 30.8 Å². The van der Waals surface area contributed by atoms with Crippen LogP contribution in [0.4, 0.5) is 10.5 Å². The number of carbonyl (C=O) groups is 3. The summed E-state index contributed by atoms with van der Waals surface area (Å²) in [6, 6.07) is 6.08. The van der Waals surface area contributed by atoms with Crippen molar-refractivity contribution in [3.8, 4) is 0 Å². The summed E-state index contributed by atoms with van der Waals surface area (Å²) in [5.74, 6) is -0.743. The van der Waals surface area contributed by atoms with E-state index < -0.39 is 32.1 Å². The highest BCUT2D eigenvalue weighted by Crippen LogP contribution is 2.37. The lowest BCUT2D eigenvalue weighted by Crippen LogP contribution is -2.51. The first-order valence-electron chi connectivity index (χ1n) is 13.9. The molecule has 1 aromatic rings. The minimum absolute atomic E-state index is 0.0622. The molecule has 1 rings (SSSR count). The van der Waals surface area contributed by atoms with Gasteiger partial charge in [0.15, 0.2) is 8.32 Å². The Morgan fingerprint density at radius 2 is 1.54 bits per heavy atom. The van der Waals surface area contributed by atoms with Crippen LogP contribution in [0.25, 0.3) is 0 Å². The van der Waals surface area contributed by atoms with Crippen LogP contribution in [-0.4, -0.2) is 50.5 Å². The van der Waals surface area contributed by atoms with E-state index in [1.807, 2.05) is 38.1 Å². The second kappa shape index (κ2) is 14.8. The predicted molar refractivity (Wildman–Crippen MR) is 160 cm³/mol. The fraction of sp³-hybridized carbons (Fsp3) is 0.690. The lowest BCUT2D eigenvalue weighted by molar-refractivity contribution is -0.128. The van der Waals surface area contributed by atoms with Crippen LogP contribution in [0.3, 0.4) is 0 Å². The van der Waals surface area contributed by atoms with Gasteiger partial charge >= 0.3 is 6.09 Å². The lowest BCUT2D eigenvalue weighted by atomic mass is 10.0. The summed E-state index contributed by atoms with van der Waals surface area (Å²) >= 11 is 0. The Kier molecular flexibility index (Phi) is 13.1. The Hall–Kier alpha value is -2.43. The minimum atomic E-state index is -1.86. The zero-order chi connectivity index (χ0) is 30.0. The van der Waals surface area contributed by atoms with Gasteiger partial charge in [-0.2, -0.15) is 0 Å². The number of rotatable bonds is 13. The van der Waals surface area contributed by atoms with Crippen LogP contribution in [0.5, 0.6) is 0 Å². The molecule has 0 aromatic heterocycles. The summed E-state index contributed by atoms with van der Waals surface area (Å²) < 4.78 is 11.5. The van der Waals surface area contributed by atoms with Crippen molar-refractivity contribution >= 4 is 31.9 Å². The highest BCUT2D eigenvalue weighted by Gasteiger charge is 2.37. The summed E-state index contributed by atoms with van der Waals surface area (Å²) in [6.07, 6.45) is 1.15. The van der Waals surface area contributed by atoms with Gasteiger partial charge in [0.2, 0.25) is 11.8 Å². The Bertz CT molecular complexity index is 936. The molecule has 39 heavy (non-hydrogen) atoms. The van der Waals surface area contributed by atoms with Gasteiger partial charge in [-0.25, -0.2) is 4.79 Å². The van der Waals surface area contributed by atoms with Gasteiger partial charge in [-0.1, -0.05) is 46.8 Å². The number of hydrogen-bond acceptors (Lipinski definition) is 6. The molecule has 1 aromatic carbocycles. The maximum Gasteiger partial charge on any atom is 0.407 e. The van der Waals surface area contributed by atoms with E-state index >= 15 is 0 Å². The van der Waals surface area contributed by atoms with Crippen LogP contribution >= 0.6 is 0 Å². The molecule has 0 aliphatic rings. The highest BCUT2D eigenvalue weighted by molar-refractivity contribution is 6.74. The molecular formula is C29H52N4O5Si. The highest BCUT2D eigenvalue weighted by atomic mass is 28.4. The molecule has 0 saturated heterocycles. The SMILES string of the molecule is CC(C)[C@H](N)C(=O)N[C@@H](CCCCNC(=O)OC(C)(C)C)C(=O)Nc1ccc(CO[Si](C)(C)C(C)(C)C)cc1. The Labute approximate surface area is 236 Å². The van der Waals surface area contributed by atoms with Crippen LogP contribution in [0.1, 0.15) is 80.2 Å². The molecule has 0 saturated carbocycles. The quantitative estimate of drug-likeness (QED) is 0.190. The molecule has 0 spiro atoms. The number of nitrogens with one attached hydrogen (secondary N) is 3. The first-order valence-corrected chi connectivity index (χ1v) is 16.8. The van der Waals surface area contributed by atoms with Crippen LogP contribution in [-0.2, 0) is 25.4 Å². The molecular weight excluding hydrogens is 512 g/mol. The fourth-order valence-electron chi connectivity index (χ4n) is 3.21. The zero-order valence-electron chi connectivity index (χ0n) is 25.7. The van der Waals surface area contributed by atoms with Crippen LogP contribution in [0, 0.1) is 5.92 Å². The van der Waals surface area contributed by atoms with Gasteiger partial charge in [0.05, 0.1) is 12.6 Å². The number of amides is 3. The fourth-order valence-corrected chi connectivity index (χ4v) is 4.17. The van der Waals surface area contributed by atoms with Gasteiger partial charge in [0.25, 0.3) is 0 Å². The van der Waals surface area contributed by atoms with Crippen LogP contribution in [0.15, 0.2) is 24.3 Å². The first-order chi connectivity index (χ1) is 17.8. The maximum absolute atomic E-state index is 13.1. The molecule has 0 radical (unpaired) electrons. The minimum Gasteiger partial charge on any atom is -0.444 e. The van der Waals surface area contributed by atoms with Crippen molar-refractivity contribution in [1.82, 2.24) is 10.6 Å². The largest absolute Gasteiger partial charge is 0.444 e. The van der Waals surface area contributed by atoms with E-state index in [1.54, 1.807) is 20.8 Å². The van der Waals surface area contributed by atoms with Gasteiger partial charge in [0.1, 0.15) is 11.6 Å². The number of anilines is 1. The second-order valence-corrected chi connectivity index (χ2v) is 17.8. The summed E-state index contributed by atoms with van der Waals surface area (Å²) in [7, 11) is -1.86. The van der Waals surface area contributed by atoms with E-state index in [0.29, 0.717) is 38.1 Å². The number of benzene rings is 1. The monoisotopic (exact) mass is 564 g/mol. The van der Waals surface area contributed by atoms with Crippen molar-refractivity contribution < 1.29 is 23.5 Å². The van der Waals surface area contributed by atoms with Crippen molar-refractivity contribution in [1.29, 1.82) is 0 Å². The smallest absolute Gasteiger partial charge is 0.407 e. The van der Waals surface area contributed by atoms with Crippen molar-refractivity contribution in [2.75, 3.05) is 11.9 Å². The number of unbranched alkanes of at least 4 members (excludes halogenated alkanes) is 1.